The fraction of sp³-hybridized carbons (Fsp3) is 0.0870. The van der Waals surface area contributed by atoms with Crippen LogP contribution in [0.25, 0.3) is 17.5 Å². The molecule has 0 bridgehead atoms. The molecule has 0 saturated carbocycles. The van der Waals surface area contributed by atoms with Crippen molar-refractivity contribution in [2.45, 2.75) is 6.54 Å². The van der Waals surface area contributed by atoms with Gasteiger partial charge in [-0.15, -0.1) is 0 Å². The van der Waals surface area contributed by atoms with Gasteiger partial charge >= 0.3 is 5.97 Å². The third kappa shape index (κ3) is 4.54. The van der Waals surface area contributed by atoms with Crippen LogP contribution in [0.4, 0.5) is 4.79 Å². The van der Waals surface area contributed by atoms with Crippen LogP contribution in [0.3, 0.4) is 0 Å². The largest absolute Gasteiger partial charge is 0.465 e. The molecule has 0 N–H and O–H groups in total. The third-order valence-electron chi connectivity index (χ3n) is 4.59. The molecule has 1 fully saturated rings. The second-order valence-corrected chi connectivity index (χ2v) is 7.66. The summed E-state index contributed by atoms with van der Waals surface area (Å²) in [5, 5.41) is -0.352. The highest BCUT2D eigenvalue weighted by Crippen LogP contribution is 2.33. The first-order valence-electron chi connectivity index (χ1n) is 9.35. The average Bonchev–Trinajstić information content (AvgIpc) is 3.07. The fourth-order valence-corrected chi connectivity index (χ4v) is 3.82. The van der Waals surface area contributed by atoms with Crippen LogP contribution in [0.5, 0.6) is 0 Å². The smallest absolute Gasteiger partial charge is 0.337 e. The van der Waals surface area contributed by atoms with Gasteiger partial charge in [0.15, 0.2) is 5.82 Å². The molecule has 0 atom stereocenters. The number of thioether (sulfide) groups is 1. The van der Waals surface area contributed by atoms with E-state index in [1.807, 2.05) is 30.3 Å². The summed E-state index contributed by atoms with van der Waals surface area (Å²) in [5.74, 6) is -0.235. The molecule has 1 aliphatic heterocycles. The van der Waals surface area contributed by atoms with Gasteiger partial charge in [0.05, 0.1) is 24.1 Å². The zero-order valence-electron chi connectivity index (χ0n) is 16.5. The summed E-state index contributed by atoms with van der Waals surface area (Å²) in [6.45, 7) is 0.118. The highest BCUT2D eigenvalue weighted by Gasteiger charge is 2.35. The van der Waals surface area contributed by atoms with Gasteiger partial charge in [-0.05, 0) is 35.5 Å². The van der Waals surface area contributed by atoms with Crippen molar-refractivity contribution >= 4 is 35.0 Å². The Balaban J connectivity index is 1.47. The van der Waals surface area contributed by atoms with E-state index < -0.39 is 5.97 Å². The van der Waals surface area contributed by atoms with Gasteiger partial charge in [0.25, 0.3) is 11.1 Å². The number of hydrogen-bond acceptors (Lipinski definition) is 7. The predicted octanol–water partition coefficient (Wildman–Crippen LogP) is 4.17. The molecule has 2 amide bonds. The number of carbonyl (C=O) groups excluding carboxylic acids is 3. The summed E-state index contributed by atoms with van der Waals surface area (Å²) < 4.78 is 4.67. The second kappa shape index (κ2) is 8.93. The SMILES string of the molecule is COC(=O)c1ccc(CN2C(=O)S/C(=C\c3cnc(-c4ccccc4)nc3)C2=O)cc1. The molecule has 7 nitrogen and oxygen atoms in total. The van der Waals surface area contributed by atoms with Crippen molar-refractivity contribution in [3.8, 4) is 11.4 Å². The number of esters is 1. The monoisotopic (exact) mass is 431 g/mol. The number of hydrogen-bond donors (Lipinski definition) is 0. The molecular formula is C23H17N3O4S. The van der Waals surface area contributed by atoms with Crippen LogP contribution >= 0.6 is 11.8 Å². The molecule has 8 heteroatoms. The van der Waals surface area contributed by atoms with Crippen molar-refractivity contribution in [3.63, 3.8) is 0 Å². The normalized spacial score (nSPS) is 14.9. The Morgan fingerprint density at radius 2 is 1.71 bits per heavy atom. The molecule has 31 heavy (non-hydrogen) atoms. The molecule has 0 radical (unpaired) electrons. The minimum atomic E-state index is -0.443. The highest BCUT2D eigenvalue weighted by atomic mass is 32.2. The Kier molecular flexibility index (Phi) is 5.90. The minimum Gasteiger partial charge on any atom is -0.465 e. The summed E-state index contributed by atoms with van der Waals surface area (Å²) in [4.78, 5) is 46.8. The van der Waals surface area contributed by atoms with Gasteiger partial charge in [-0.1, -0.05) is 42.5 Å². The number of amides is 2. The lowest BCUT2D eigenvalue weighted by atomic mass is 10.1. The highest BCUT2D eigenvalue weighted by molar-refractivity contribution is 8.18. The maximum atomic E-state index is 12.7. The Hall–Kier alpha value is -3.78. The van der Waals surface area contributed by atoms with Crippen LogP contribution in [-0.2, 0) is 16.1 Å². The zero-order valence-corrected chi connectivity index (χ0v) is 17.3. The first kappa shape index (κ1) is 20.5. The van der Waals surface area contributed by atoms with E-state index in [0.717, 1.165) is 22.9 Å². The van der Waals surface area contributed by atoms with Gasteiger partial charge in [-0.25, -0.2) is 14.8 Å². The first-order chi connectivity index (χ1) is 15.0. The number of aromatic nitrogens is 2. The molecule has 2 aromatic carbocycles. The van der Waals surface area contributed by atoms with Crippen LogP contribution in [0, 0.1) is 0 Å². The lowest BCUT2D eigenvalue weighted by Gasteiger charge is -2.12. The summed E-state index contributed by atoms with van der Waals surface area (Å²) in [7, 11) is 1.31. The Morgan fingerprint density at radius 3 is 2.35 bits per heavy atom. The number of methoxy groups -OCH3 is 1. The van der Waals surface area contributed by atoms with Crippen molar-refractivity contribution in [1.29, 1.82) is 0 Å². The van der Waals surface area contributed by atoms with Gasteiger partial charge in [0, 0.05) is 23.5 Å². The summed E-state index contributed by atoms with van der Waals surface area (Å²) in [5.41, 5.74) is 2.66. The standard InChI is InChI=1S/C23H17N3O4S/c1-30-22(28)18-9-7-15(8-10-18)14-26-21(27)19(31-23(26)29)11-16-12-24-20(25-13-16)17-5-3-2-4-6-17/h2-13H,14H2,1H3/b19-11-. The summed E-state index contributed by atoms with van der Waals surface area (Å²) in [6.07, 6.45) is 4.85. The molecule has 154 valence electrons. The van der Waals surface area contributed by atoms with E-state index >= 15 is 0 Å². The Morgan fingerprint density at radius 1 is 1.03 bits per heavy atom. The molecule has 1 aliphatic rings. The van der Waals surface area contributed by atoms with E-state index in [2.05, 4.69) is 14.7 Å². The number of benzene rings is 2. The van der Waals surface area contributed by atoms with Crippen LogP contribution in [0.2, 0.25) is 0 Å². The Labute approximate surface area is 182 Å². The molecule has 0 aliphatic carbocycles. The van der Waals surface area contributed by atoms with Crippen LogP contribution in [0.15, 0.2) is 71.9 Å². The van der Waals surface area contributed by atoms with Crippen molar-refractivity contribution in [1.82, 2.24) is 14.9 Å². The predicted molar refractivity (Wildman–Crippen MR) is 117 cm³/mol. The molecule has 3 aromatic rings. The lowest BCUT2D eigenvalue weighted by molar-refractivity contribution is -0.123. The molecular weight excluding hydrogens is 414 g/mol. The zero-order chi connectivity index (χ0) is 21.8. The van der Waals surface area contributed by atoms with Crippen molar-refractivity contribution < 1.29 is 19.1 Å². The van der Waals surface area contributed by atoms with Gasteiger partial charge in [-0.2, -0.15) is 0 Å². The van der Waals surface area contributed by atoms with E-state index in [9.17, 15) is 14.4 Å². The first-order valence-corrected chi connectivity index (χ1v) is 10.2. The quantitative estimate of drug-likeness (QED) is 0.442. The van der Waals surface area contributed by atoms with E-state index in [4.69, 9.17) is 0 Å². The lowest BCUT2D eigenvalue weighted by Crippen LogP contribution is -2.27. The maximum absolute atomic E-state index is 12.7. The Bertz CT molecular complexity index is 1160. The van der Waals surface area contributed by atoms with Crippen molar-refractivity contribution in [3.05, 3.63) is 88.6 Å². The summed E-state index contributed by atoms with van der Waals surface area (Å²) in [6, 6.07) is 16.1. The molecule has 1 aromatic heterocycles. The minimum absolute atomic E-state index is 0.118. The van der Waals surface area contributed by atoms with Gasteiger partial charge in [0.2, 0.25) is 0 Å². The number of ether oxygens (including phenoxy) is 1. The van der Waals surface area contributed by atoms with Crippen LogP contribution in [-0.4, -0.2) is 39.1 Å². The second-order valence-electron chi connectivity index (χ2n) is 6.66. The maximum Gasteiger partial charge on any atom is 0.337 e. The van der Waals surface area contributed by atoms with E-state index in [1.165, 1.54) is 12.0 Å². The average molecular weight is 431 g/mol. The third-order valence-corrected chi connectivity index (χ3v) is 5.50. The van der Waals surface area contributed by atoms with Crippen molar-refractivity contribution in [2.75, 3.05) is 7.11 Å². The number of carbonyl (C=O) groups is 3. The van der Waals surface area contributed by atoms with Crippen LogP contribution < -0.4 is 0 Å². The van der Waals surface area contributed by atoms with Gasteiger partial charge < -0.3 is 4.74 Å². The number of imide groups is 1. The van der Waals surface area contributed by atoms with E-state index in [1.54, 1.807) is 42.7 Å². The van der Waals surface area contributed by atoms with E-state index in [0.29, 0.717) is 21.9 Å². The summed E-state index contributed by atoms with van der Waals surface area (Å²) >= 11 is 0.877. The molecule has 1 saturated heterocycles. The topological polar surface area (TPSA) is 89.5 Å². The van der Waals surface area contributed by atoms with Gasteiger partial charge in [-0.3, -0.25) is 14.5 Å². The fourth-order valence-electron chi connectivity index (χ4n) is 2.98. The molecule has 2 heterocycles. The number of rotatable bonds is 5. The molecule has 0 unspecified atom stereocenters. The number of nitrogens with zero attached hydrogens (tertiary/aromatic N) is 3. The van der Waals surface area contributed by atoms with Crippen LogP contribution in [0.1, 0.15) is 21.5 Å². The van der Waals surface area contributed by atoms with Crippen molar-refractivity contribution in [2.24, 2.45) is 0 Å². The van der Waals surface area contributed by atoms with Gasteiger partial charge in [0.1, 0.15) is 0 Å². The molecule has 0 spiro atoms. The van der Waals surface area contributed by atoms with E-state index in [-0.39, 0.29) is 17.7 Å². The molecule has 4 rings (SSSR count).